The third kappa shape index (κ3) is 1.81. The van der Waals surface area contributed by atoms with Crippen molar-refractivity contribution in [2.75, 3.05) is 24.7 Å². The highest BCUT2D eigenvalue weighted by molar-refractivity contribution is 7.79. The van der Waals surface area contributed by atoms with Crippen molar-refractivity contribution in [1.29, 1.82) is 0 Å². The Bertz CT molecular complexity index is 582. The lowest BCUT2D eigenvalue weighted by Gasteiger charge is -2.32. The highest BCUT2D eigenvalue weighted by Crippen LogP contribution is 2.45. The number of amides is 1. The molecule has 0 radical (unpaired) electrons. The summed E-state index contributed by atoms with van der Waals surface area (Å²) in [7, 11) is 0. The van der Waals surface area contributed by atoms with Gasteiger partial charge in [0.2, 0.25) is 0 Å². The van der Waals surface area contributed by atoms with E-state index in [4.69, 9.17) is 9.47 Å². The molecule has 0 aliphatic carbocycles. The van der Waals surface area contributed by atoms with E-state index in [2.05, 4.69) is 0 Å². The zero-order valence-corrected chi connectivity index (χ0v) is 11.8. The van der Waals surface area contributed by atoms with Crippen LogP contribution < -0.4 is 4.90 Å². The summed E-state index contributed by atoms with van der Waals surface area (Å²) in [6.45, 7) is 3.14. The molecule has 0 bridgehead atoms. The van der Waals surface area contributed by atoms with E-state index in [0.717, 1.165) is 0 Å². The number of anilines is 1. The molecule has 1 saturated heterocycles. The van der Waals surface area contributed by atoms with Gasteiger partial charge in [0, 0.05) is 17.0 Å². The first-order valence-corrected chi connectivity index (χ1v) is 7.51. The predicted molar refractivity (Wildman–Crippen MR) is 69.9 cm³/mol. The molecule has 3 rings (SSSR count). The second-order valence-electron chi connectivity index (χ2n) is 4.63. The number of carbonyl (C=O) groups is 1. The Hall–Kier alpha value is -1.28. The van der Waals surface area contributed by atoms with Crippen LogP contribution in [0.15, 0.2) is 23.1 Å². The first-order valence-electron chi connectivity index (χ1n) is 6.44. The van der Waals surface area contributed by atoms with Crippen LogP contribution in [-0.2, 0) is 31.1 Å². The van der Waals surface area contributed by atoms with E-state index < -0.39 is 16.9 Å². The zero-order valence-electron chi connectivity index (χ0n) is 11.0. The average molecular weight is 296 g/mol. The minimum Gasteiger partial charge on any atom is -0.768 e. The van der Waals surface area contributed by atoms with Crippen LogP contribution in [0, 0.1) is 0 Å². The van der Waals surface area contributed by atoms with Crippen molar-refractivity contribution < 1.29 is 23.0 Å². The van der Waals surface area contributed by atoms with Crippen molar-refractivity contribution >= 4 is 22.7 Å². The molecule has 1 spiro atoms. The molecule has 0 aromatic heterocycles. The van der Waals surface area contributed by atoms with Gasteiger partial charge in [0.05, 0.1) is 18.9 Å². The quantitative estimate of drug-likeness (QED) is 0.757. The second kappa shape index (κ2) is 4.92. The van der Waals surface area contributed by atoms with Gasteiger partial charge < -0.3 is 18.9 Å². The molecule has 20 heavy (non-hydrogen) atoms. The summed E-state index contributed by atoms with van der Waals surface area (Å²) >= 11 is -2.36. The third-order valence-electron chi connectivity index (χ3n) is 3.55. The number of rotatable bonds is 2. The van der Waals surface area contributed by atoms with Crippen LogP contribution in [0.1, 0.15) is 18.9 Å². The van der Waals surface area contributed by atoms with Gasteiger partial charge in [0.25, 0.3) is 11.7 Å². The first-order chi connectivity index (χ1) is 9.60. The van der Waals surface area contributed by atoms with Crippen LogP contribution in [0.4, 0.5) is 5.69 Å². The largest absolute Gasteiger partial charge is 0.768 e. The van der Waals surface area contributed by atoms with Gasteiger partial charge in [-0.1, -0.05) is 0 Å². The van der Waals surface area contributed by atoms with Gasteiger partial charge in [0.1, 0.15) is 0 Å². The molecule has 6 nitrogen and oxygen atoms in total. The number of hydrogen-bond donors (Lipinski definition) is 0. The molecule has 108 valence electrons. The molecule has 2 aliphatic rings. The molecule has 1 unspecified atom stereocenters. The molecule has 1 aromatic carbocycles. The Morgan fingerprint density at radius 2 is 2.10 bits per heavy atom. The molecule has 2 aliphatic heterocycles. The maximum absolute atomic E-state index is 12.6. The summed E-state index contributed by atoms with van der Waals surface area (Å²) in [5, 5.41) is 0. The fraction of sp³-hybridized carbons (Fsp3) is 0.462. The lowest BCUT2D eigenvalue weighted by Crippen LogP contribution is -2.47. The first kappa shape index (κ1) is 13.7. The van der Waals surface area contributed by atoms with Crippen molar-refractivity contribution in [3.8, 4) is 0 Å². The maximum atomic E-state index is 12.6. The number of carbonyl (C=O) groups excluding carboxylic acids is 1. The van der Waals surface area contributed by atoms with Gasteiger partial charge in [-0.15, -0.1) is 0 Å². The van der Waals surface area contributed by atoms with Crippen molar-refractivity contribution in [1.82, 2.24) is 0 Å². The third-order valence-corrected chi connectivity index (χ3v) is 4.19. The Morgan fingerprint density at radius 1 is 1.40 bits per heavy atom. The van der Waals surface area contributed by atoms with Gasteiger partial charge in [-0.2, -0.15) is 0 Å². The van der Waals surface area contributed by atoms with Gasteiger partial charge >= 0.3 is 0 Å². The van der Waals surface area contributed by atoms with Crippen LogP contribution in [-0.4, -0.2) is 34.4 Å². The predicted octanol–water partition coefficient (Wildman–Crippen LogP) is 0.881. The van der Waals surface area contributed by atoms with E-state index >= 15 is 0 Å². The molecule has 2 heterocycles. The standard InChI is InChI=1S/C13H15NO5S/c1-2-14-11-5-4-9(20(16)17)8-10(11)13(12(14)15)18-6-3-7-19-13/h4-5,8H,2-3,6-7H2,1H3,(H,16,17)/p-1. The number of ether oxygens (including phenoxy) is 2. The Kier molecular flexibility index (Phi) is 3.37. The van der Waals surface area contributed by atoms with Crippen LogP contribution in [0.3, 0.4) is 0 Å². The number of fused-ring (bicyclic) bond motifs is 2. The van der Waals surface area contributed by atoms with Crippen LogP contribution >= 0.6 is 0 Å². The summed E-state index contributed by atoms with van der Waals surface area (Å²) in [6, 6.07) is 4.55. The van der Waals surface area contributed by atoms with Gasteiger partial charge in [-0.05, 0) is 42.6 Å². The summed E-state index contributed by atoms with van der Waals surface area (Å²) < 4.78 is 33.5. The van der Waals surface area contributed by atoms with E-state index in [1.54, 1.807) is 11.0 Å². The Morgan fingerprint density at radius 3 is 2.70 bits per heavy atom. The Labute approximate surface area is 119 Å². The van der Waals surface area contributed by atoms with E-state index in [1.165, 1.54) is 12.1 Å². The summed E-state index contributed by atoms with van der Waals surface area (Å²) in [6.07, 6.45) is 0.712. The maximum Gasteiger partial charge on any atom is 0.292 e. The summed E-state index contributed by atoms with van der Waals surface area (Å²) in [4.78, 5) is 14.2. The number of hydrogen-bond acceptors (Lipinski definition) is 5. The van der Waals surface area contributed by atoms with Crippen LogP contribution in [0.2, 0.25) is 0 Å². The van der Waals surface area contributed by atoms with Crippen molar-refractivity contribution in [3.05, 3.63) is 23.8 Å². The highest BCUT2D eigenvalue weighted by atomic mass is 32.2. The number of nitrogens with zero attached hydrogens (tertiary/aromatic N) is 1. The van der Waals surface area contributed by atoms with Gasteiger partial charge in [0.15, 0.2) is 0 Å². The minimum atomic E-state index is -2.36. The van der Waals surface area contributed by atoms with Crippen molar-refractivity contribution in [2.45, 2.75) is 24.0 Å². The molecular formula is C13H14NO5S-. The fourth-order valence-corrected chi connectivity index (χ4v) is 3.04. The topological polar surface area (TPSA) is 78.9 Å². The Balaban J connectivity index is 2.17. The van der Waals surface area contributed by atoms with Crippen molar-refractivity contribution in [2.24, 2.45) is 0 Å². The molecule has 0 N–H and O–H groups in total. The van der Waals surface area contributed by atoms with E-state index in [-0.39, 0.29) is 10.8 Å². The SMILES string of the molecule is CCN1C(=O)C2(OCCCO2)c2cc(S(=O)[O-])ccc21. The molecule has 1 fully saturated rings. The monoisotopic (exact) mass is 296 g/mol. The summed E-state index contributed by atoms with van der Waals surface area (Å²) in [5.41, 5.74) is 1.12. The average Bonchev–Trinajstić information content (AvgIpc) is 2.69. The van der Waals surface area contributed by atoms with E-state index in [1.807, 2.05) is 6.92 Å². The van der Waals surface area contributed by atoms with Crippen molar-refractivity contribution in [3.63, 3.8) is 0 Å². The van der Waals surface area contributed by atoms with E-state index in [0.29, 0.717) is 37.4 Å². The summed E-state index contributed by atoms with van der Waals surface area (Å²) in [5.74, 6) is -1.76. The van der Waals surface area contributed by atoms with Gasteiger partial charge in [-0.3, -0.25) is 9.00 Å². The van der Waals surface area contributed by atoms with Gasteiger partial charge in [-0.25, -0.2) is 0 Å². The smallest absolute Gasteiger partial charge is 0.292 e. The van der Waals surface area contributed by atoms with E-state index in [9.17, 15) is 13.6 Å². The molecule has 1 atom stereocenters. The second-order valence-corrected chi connectivity index (χ2v) is 5.57. The fourth-order valence-electron chi connectivity index (χ4n) is 2.65. The zero-order chi connectivity index (χ0) is 14.3. The number of likely N-dealkylation sites (N-methyl/N-ethyl adjacent to an activating group) is 1. The normalized spacial score (nSPS) is 22.1. The molecular weight excluding hydrogens is 282 g/mol. The molecule has 1 aromatic rings. The highest BCUT2D eigenvalue weighted by Gasteiger charge is 2.54. The van der Waals surface area contributed by atoms with Crippen LogP contribution in [0.25, 0.3) is 0 Å². The molecule has 0 saturated carbocycles. The minimum absolute atomic E-state index is 0.117. The lowest BCUT2D eigenvalue weighted by molar-refractivity contribution is -0.256. The molecule has 1 amide bonds. The molecule has 7 heteroatoms. The van der Waals surface area contributed by atoms with Crippen LogP contribution in [0.5, 0.6) is 0 Å². The number of benzene rings is 1. The lowest BCUT2D eigenvalue weighted by atomic mass is 10.1.